The van der Waals surface area contributed by atoms with Crippen LogP contribution in [-0.2, 0) is 0 Å². The average Bonchev–Trinajstić information content (AvgIpc) is 2.81. The second-order valence-corrected chi connectivity index (χ2v) is 7.76. The molecule has 3 aromatic heterocycles. The fourth-order valence-corrected chi connectivity index (χ4v) is 3.47. The molecule has 1 N–H and O–H groups in total. The van der Waals surface area contributed by atoms with Gasteiger partial charge in [0, 0.05) is 42.1 Å². The monoisotopic (exact) mass is 445 g/mol. The Kier molecular flexibility index (Phi) is 6.70. The minimum atomic E-state index is 0.0638. The van der Waals surface area contributed by atoms with E-state index in [0.717, 1.165) is 28.0 Å². The summed E-state index contributed by atoms with van der Waals surface area (Å²) >= 11 is 0. The molecule has 3 heterocycles. The van der Waals surface area contributed by atoms with Crippen molar-refractivity contribution in [2.75, 3.05) is 20.3 Å². The van der Waals surface area contributed by atoms with Crippen LogP contribution in [0.5, 0.6) is 23.0 Å². The van der Waals surface area contributed by atoms with Gasteiger partial charge in [-0.25, -0.2) is 4.98 Å². The zero-order valence-corrected chi connectivity index (χ0v) is 19.3. The SMILES string of the molecule is COc1cc2c(Oc3cc(C)c(C)nc3-c3cccc(C)n3)ccnc2cc1OCCCO. The highest BCUT2D eigenvalue weighted by atomic mass is 16.5. The maximum absolute atomic E-state index is 9.03. The summed E-state index contributed by atoms with van der Waals surface area (Å²) in [6, 6.07) is 13.3. The number of hydrogen-bond donors (Lipinski definition) is 1. The molecule has 7 heteroatoms. The summed E-state index contributed by atoms with van der Waals surface area (Å²) in [6.45, 7) is 6.38. The van der Waals surface area contributed by atoms with E-state index in [1.54, 1.807) is 13.3 Å². The van der Waals surface area contributed by atoms with Gasteiger partial charge in [-0.3, -0.25) is 9.97 Å². The van der Waals surface area contributed by atoms with Crippen molar-refractivity contribution in [2.45, 2.75) is 27.2 Å². The van der Waals surface area contributed by atoms with Gasteiger partial charge in [-0.1, -0.05) is 6.07 Å². The molecule has 0 aliphatic carbocycles. The number of aliphatic hydroxyl groups is 1. The summed E-state index contributed by atoms with van der Waals surface area (Å²) in [7, 11) is 1.59. The molecule has 0 fully saturated rings. The van der Waals surface area contributed by atoms with Gasteiger partial charge in [-0.15, -0.1) is 0 Å². The first-order chi connectivity index (χ1) is 16.0. The largest absolute Gasteiger partial charge is 0.493 e. The predicted molar refractivity (Wildman–Crippen MR) is 127 cm³/mol. The van der Waals surface area contributed by atoms with Crippen LogP contribution in [0, 0.1) is 20.8 Å². The van der Waals surface area contributed by atoms with Crippen LogP contribution in [0.25, 0.3) is 22.3 Å². The highest BCUT2D eigenvalue weighted by Gasteiger charge is 2.16. The Bertz CT molecular complexity index is 1290. The van der Waals surface area contributed by atoms with Crippen molar-refractivity contribution in [3.8, 4) is 34.4 Å². The number of aryl methyl sites for hydroxylation is 3. The minimum absolute atomic E-state index is 0.0638. The predicted octanol–water partition coefficient (Wildman–Crippen LogP) is 5.18. The number of aromatic nitrogens is 3. The van der Waals surface area contributed by atoms with Gasteiger partial charge < -0.3 is 19.3 Å². The van der Waals surface area contributed by atoms with Crippen LogP contribution in [0.3, 0.4) is 0 Å². The van der Waals surface area contributed by atoms with E-state index in [4.69, 9.17) is 24.3 Å². The van der Waals surface area contributed by atoms with E-state index < -0.39 is 0 Å². The van der Waals surface area contributed by atoms with E-state index >= 15 is 0 Å². The summed E-state index contributed by atoms with van der Waals surface area (Å²) in [6.07, 6.45) is 2.23. The molecule has 7 nitrogen and oxygen atoms in total. The number of benzene rings is 1. The molecule has 0 unspecified atom stereocenters. The van der Waals surface area contributed by atoms with Crippen LogP contribution >= 0.6 is 0 Å². The number of ether oxygens (including phenoxy) is 3. The van der Waals surface area contributed by atoms with Crippen molar-refractivity contribution in [2.24, 2.45) is 0 Å². The topological polar surface area (TPSA) is 86.6 Å². The van der Waals surface area contributed by atoms with Crippen molar-refractivity contribution in [1.29, 1.82) is 0 Å². The van der Waals surface area contributed by atoms with E-state index in [0.29, 0.717) is 47.2 Å². The van der Waals surface area contributed by atoms with Crippen molar-refractivity contribution in [3.63, 3.8) is 0 Å². The maximum Gasteiger partial charge on any atom is 0.163 e. The standard InChI is InChI=1S/C26H27N3O4/c1-16-13-25(26(29-18(16)3)20-8-5-7-17(2)28-20)33-22-9-10-27-21-15-24(32-12-6-11-30)23(31-4)14-19(21)22/h5,7-10,13-15,30H,6,11-12H2,1-4H3. The quantitative estimate of drug-likeness (QED) is 0.374. The molecule has 170 valence electrons. The van der Waals surface area contributed by atoms with Gasteiger partial charge >= 0.3 is 0 Å². The van der Waals surface area contributed by atoms with Gasteiger partial charge in [0.05, 0.1) is 24.9 Å². The maximum atomic E-state index is 9.03. The number of aliphatic hydroxyl groups excluding tert-OH is 1. The lowest BCUT2D eigenvalue weighted by atomic mass is 10.1. The second-order valence-electron chi connectivity index (χ2n) is 7.76. The van der Waals surface area contributed by atoms with Crippen molar-refractivity contribution in [1.82, 2.24) is 15.0 Å². The molecule has 0 atom stereocenters. The van der Waals surface area contributed by atoms with Crippen LogP contribution in [-0.4, -0.2) is 40.4 Å². The number of nitrogens with zero attached hydrogens (tertiary/aromatic N) is 3. The molecule has 33 heavy (non-hydrogen) atoms. The van der Waals surface area contributed by atoms with Crippen LogP contribution in [0.4, 0.5) is 0 Å². The lowest BCUT2D eigenvalue weighted by Gasteiger charge is -2.16. The minimum Gasteiger partial charge on any atom is -0.493 e. The summed E-state index contributed by atoms with van der Waals surface area (Å²) < 4.78 is 17.7. The first-order valence-electron chi connectivity index (χ1n) is 10.8. The number of pyridine rings is 3. The molecule has 0 saturated carbocycles. The van der Waals surface area contributed by atoms with Gasteiger partial charge in [0.25, 0.3) is 0 Å². The molecule has 0 aliphatic rings. The van der Waals surface area contributed by atoms with Gasteiger partial charge in [0.1, 0.15) is 11.4 Å². The Hall–Kier alpha value is -3.71. The van der Waals surface area contributed by atoms with Crippen LogP contribution in [0.1, 0.15) is 23.4 Å². The highest BCUT2D eigenvalue weighted by molar-refractivity contribution is 5.88. The molecule has 0 bridgehead atoms. The summed E-state index contributed by atoms with van der Waals surface area (Å²) in [5.74, 6) is 2.38. The Balaban J connectivity index is 1.78. The molecule has 0 saturated heterocycles. The van der Waals surface area contributed by atoms with E-state index in [2.05, 4.69) is 9.97 Å². The molecule has 1 aromatic carbocycles. The van der Waals surface area contributed by atoms with Crippen molar-refractivity contribution < 1.29 is 19.3 Å². The van der Waals surface area contributed by atoms with Crippen molar-refractivity contribution >= 4 is 10.9 Å². The van der Waals surface area contributed by atoms with Crippen LogP contribution in [0.15, 0.2) is 48.7 Å². The zero-order chi connectivity index (χ0) is 23.4. The number of hydrogen-bond acceptors (Lipinski definition) is 7. The number of fused-ring (bicyclic) bond motifs is 1. The van der Waals surface area contributed by atoms with E-state index in [-0.39, 0.29) is 6.61 Å². The zero-order valence-electron chi connectivity index (χ0n) is 19.3. The number of rotatable bonds is 8. The molecule has 0 radical (unpaired) electrons. The Morgan fingerprint density at radius 1 is 0.909 bits per heavy atom. The Morgan fingerprint density at radius 3 is 2.52 bits per heavy atom. The summed E-state index contributed by atoms with van der Waals surface area (Å²) in [4.78, 5) is 13.9. The lowest BCUT2D eigenvalue weighted by molar-refractivity contribution is 0.228. The summed E-state index contributed by atoms with van der Waals surface area (Å²) in [5, 5.41) is 9.81. The van der Waals surface area contributed by atoms with Crippen LogP contribution < -0.4 is 14.2 Å². The number of methoxy groups -OCH3 is 1. The van der Waals surface area contributed by atoms with Gasteiger partial charge in [0.15, 0.2) is 17.2 Å². The highest BCUT2D eigenvalue weighted by Crippen LogP contribution is 2.39. The van der Waals surface area contributed by atoms with Gasteiger partial charge in [-0.2, -0.15) is 0 Å². The average molecular weight is 446 g/mol. The lowest BCUT2D eigenvalue weighted by Crippen LogP contribution is -2.02. The first-order valence-corrected chi connectivity index (χ1v) is 10.8. The molecule has 0 aliphatic heterocycles. The third-order valence-electron chi connectivity index (χ3n) is 5.33. The fraction of sp³-hybridized carbons (Fsp3) is 0.269. The molecule has 0 amide bonds. The fourth-order valence-electron chi connectivity index (χ4n) is 3.47. The Morgan fingerprint density at radius 2 is 1.76 bits per heavy atom. The third-order valence-corrected chi connectivity index (χ3v) is 5.33. The second kappa shape index (κ2) is 9.83. The Labute approximate surface area is 193 Å². The smallest absolute Gasteiger partial charge is 0.163 e. The first kappa shape index (κ1) is 22.5. The normalized spacial score (nSPS) is 10.9. The van der Waals surface area contributed by atoms with E-state index in [1.165, 1.54) is 0 Å². The third kappa shape index (κ3) is 4.88. The van der Waals surface area contributed by atoms with Gasteiger partial charge in [0.2, 0.25) is 0 Å². The molecular formula is C26H27N3O4. The molecule has 4 rings (SSSR count). The van der Waals surface area contributed by atoms with Gasteiger partial charge in [-0.05, 0) is 56.7 Å². The molecule has 0 spiro atoms. The molecular weight excluding hydrogens is 418 g/mol. The van der Waals surface area contributed by atoms with E-state index in [9.17, 15) is 0 Å². The van der Waals surface area contributed by atoms with E-state index in [1.807, 2.05) is 63.2 Å². The summed E-state index contributed by atoms with van der Waals surface area (Å²) in [5.41, 5.74) is 5.00. The van der Waals surface area contributed by atoms with Crippen molar-refractivity contribution in [3.05, 3.63) is 65.6 Å². The van der Waals surface area contributed by atoms with Crippen LogP contribution in [0.2, 0.25) is 0 Å². The molecule has 4 aromatic rings.